The molecule has 0 radical (unpaired) electrons. The molecule has 0 fully saturated rings. The van der Waals surface area contributed by atoms with Crippen molar-refractivity contribution in [1.82, 2.24) is 0 Å². The molecule has 7 heteroatoms. The second-order valence-electron chi connectivity index (χ2n) is 4.09. The van der Waals surface area contributed by atoms with Gasteiger partial charge in [0.1, 0.15) is 5.75 Å². The zero-order valence-corrected chi connectivity index (χ0v) is 11.5. The molecule has 1 aromatic carbocycles. The SMILES string of the molecule is CC(C)[C@H](Br)C(=O)Nc1ccc([N+](=O)[O-])cc1O. The smallest absolute Gasteiger partial charge is 0.273 e. The molecule has 6 nitrogen and oxygen atoms in total. The minimum atomic E-state index is -0.618. The maximum Gasteiger partial charge on any atom is 0.273 e. The number of nitro benzene ring substituents is 1. The van der Waals surface area contributed by atoms with Gasteiger partial charge in [-0.05, 0) is 12.0 Å². The molecule has 0 unspecified atom stereocenters. The van der Waals surface area contributed by atoms with Crippen LogP contribution in [0.2, 0.25) is 0 Å². The summed E-state index contributed by atoms with van der Waals surface area (Å²) in [6, 6.07) is 3.51. The van der Waals surface area contributed by atoms with Crippen LogP contribution in [0.25, 0.3) is 0 Å². The Hall–Kier alpha value is -1.63. The molecule has 0 aromatic heterocycles. The fourth-order valence-electron chi connectivity index (χ4n) is 1.24. The van der Waals surface area contributed by atoms with Crippen molar-refractivity contribution < 1.29 is 14.8 Å². The number of carbonyl (C=O) groups is 1. The third-order valence-electron chi connectivity index (χ3n) is 2.29. The number of phenols is 1. The normalized spacial score (nSPS) is 12.2. The number of benzene rings is 1. The van der Waals surface area contributed by atoms with E-state index >= 15 is 0 Å². The van der Waals surface area contributed by atoms with Gasteiger partial charge in [-0.15, -0.1) is 0 Å². The number of hydrogen-bond donors (Lipinski definition) is 2. The predicted molar refractivity (Wildman–Crippen MR) is 70.9 cm³/mol. The number of aromatic hydroxyl groups is 1. The average Bonchev–Trinajstić information content (AvgIpc) is 2.30. The Morgan fingerprint density at radius 2 is 2.11 bits per heavy atom. The lowest BCUT2D eigenvalue weighted by Crippen LogP contribution is -2.27. The molecule has 1 aromatic rings. The first-order chi connectivity index (χ1) is 8.32. The Balaban J connectivity index is 2.86. The van der Waals surface area contributed by atoms with E-state index in [-0.39, 0.29) is 28.9 Å². The van der Waals surface area contributed by atoms with Gasteiger partial charge in [0, 0.05) is 6.07 Å². The third-order valence-corrected chi connectivity index (χ3v) is 3.76. The minimum absolute atomic E-state index is 0.0881. The molecule has 98 valence electrons. The fraction of sp³-hybridized carbons (Fsp3) is 0.364. The molecule has 0 aliphatic rings. The Morgan fingerprint density at radius 3 is 2.56 bits per heavy atom. The van der Waals surface area contributed by atoms with Crippen LogP contribution in [0.15, 0.2) is 18.2 Å². The van der Waals surface area contributed by atoms with Crippen molar-refractivity contribution in [3.8, 4) is 5.75 Å². The fourth-order valence-corrected chi connectivity index (χ4v) is 1.36. The number of amides is 1. The molecule has 1 rings (SSSR count). The van der Waals surface area contributed by atoms with Crippen molar-refractivity contribution in [2.45, 2.75) is 18.7 Å². The van der Waals surface area contributed by atoms with Gasteiger partial charge in [-0.1, -0.05) is 29.8 Å². The first-order valence-electron chi connectivity index (χ1n) is 5.25. The van der Waals surface area contributed by atoms with Crippen molar-refractivity contribution in [2.75, 3.05) is 5.32 Å². The molecule has 1 amide bonds. The molecule has 0 saturated carbocycles. The summed E-state index contributed by atoms with van der Waals surface area (Å²) in [5, 5.41) is 22.6. The highest BCUT2D eigenvalue weighted by Gasteiger charge is 2.20. The molecule has 18 heavy (non-hydrogen) atoms. The van der Waals surface area contributed by atoms with Crippen LogP contribution >= 0.6 is 15.9 Å². The van der Waals surface area contributed by atoms with E-state index in [2.05, 4.69) is 21.2 Å². The summed E-state index contributed by atoms with van der Waals surface area (Å²) >= 11 is 3.23. The first kappa shape index (κ1) is 14.4. The van der Waals surface area contributed by atoms with Crippen LogP contribution in [0.4, 0.5) is 11.4 Å². The first-order valence-corrected chi connectivity index (χ1v) is 6.17. The largest absolute Gasteiger partial charge is 0.506 e. The van der Waals surface area contributed by atoms with Crippen molar-refractivity contribution in [3.05, 3.63) is 28.3 Å². The molecule has 0 saturated heterocycles. The molecule has 2 N–H and O–H groups in total. The lowest BCUT2D eigenvalue weighted by atomic mass is 10.1. The number of hydrogen-bond acceptors (Lipinski definition) is 4. The lowest BCUT2D eigenvalue weighted by molar-refractivity contribution is -0.384. The van der Waals surface area contributed by atoms with Crippen LogP contribution in [0.1, 0.15) is 13.8 Å². The maximum atomic E-state index is 11.7. The van der Waals surface area contributed by atoms with Crippen LogP contribution in [0.5, 0.6) is 5.75 Å². The highest BCUT2D eigenvalue weighted by Crippen LogP contribution is 2.28. The number of rotatable bonds is 4. The monoisotopic (exact) mass is 316 g/mol. The Kier molecular flexibility index (Phi) is 4.66. The van der Waals surface area contributed by atoms with E-state index in [4.69, 9.17) is 0 Å². The van der Waals surface area contributed by atoms with Gasteiger partial charge < -0.3 is 10.4 Å². The van der Waals surface area contributed by atoms with Crippen LogP contribution in [0.3, 0.4) is 0 Å². The number of anilines is 1. The number of carbonyl (C=O) groups excluding carboxylic acids is 1. The maximum absolute atomic E-state index is 11.7. The minimum Gasteiger partial charge on any atom is -0.506 e. The summed E-state index contributed by atoms with van der Waals surface area (Å²) in [6.07, 6.45) is 0. The summed E-state index contributed by atoms with van der Waals surface area (Å²) in [7, 11) is 0. The van der Waals surface area contributed by atoms with Crippen LogP contribution in [0, 0.1) is 16.0 Å². The number of non-ortho nitro benzene ring substituents is 1. The Labute approximate surface area is 112 Å². The summed E-state index contributed by atoms with van der Waals surface area (Å²) < 4.78 is 0. The van der Waals surface area contributed by atoms with E-state index in [1.807, 2.05) is 13.8 Å². The number of phenolic OH excluding ortho intramolecular Hbond substituents is 1. The highest BCUT2D eigenvalue weighted by atomic mass is 79.9. The molecular weight excluding hydrogens is 304 g/mol. The van der Waals surface area contributed by atoms with E-state index in [9.17, 15) is 20.0 Å². The van der Waals surface area contributed by atoms with Gasteiger partial charge in [-0.3, -0.25) is 14.9 Å². The van der Waals surface area contributed by atoms with E-state index < -0.39 is 9.75 Å². The lowest BCUT2D eigenvalue weighted by Gasteiger charge is -2.14. The van der Waals surface area contributed by atoms with Crippen molar-refractivity contribution >= 4 is 33.2 Å². The van der Waals surface area contributed by atoms with Crippen LogP contribution in [-0.4, -0.2) is 20.8 Å². The van der Waals surface area contributed by atoms with E-state index in [1.54, 1.807) is 0 Å². The van der Waals surface area contributed by atoms with Crippen molar-refractivity contribution in [1.29, 1.82) is 0 Å². The van der Waals surface area contributed by atoms with Gasteiger partial charge in [0.05, 0.1) is 21.5 Å². The second-order valence-corrected chi connectivity index (χ2v) is 5.08. The zero-order valence-electron chi connectivity index (χ0n) is 9.88. The van der Waals surface area contributed by atoms with Crippen LogP contribution < -0.4 is 5.32 Å². The van der Waals surface area contributed by atoms with E-state index in [0.29, 0.717) is 0 Å². The van der Waals surface area contributed by atoms with Crippen molar-refractivity contribution in [3.63, 3.8) is 0 Å². The quantitative estimate of drug-likeness (QED) is 0.386. The van der Waals surface area contributed by atoms with Gasteiger partial charge in [-0.2, -0.15) is 0 Å². The summed E-state index contributed by atoms with van der Waals surface area (Å²) in [6.45, 7) is 3.74. The van der Waals surface area contributed by atoms with E-state index in [0.717, 1.165) is 6.07 Å². The van der Waals surface area contributed by atoms with Crippen molar-refractivity contribution in [2.24, 2.45) is 5.92 Å². The predicted octanol–water partition coefficient (Wildman–Crippen LogP) is 2.66. The Morgan fingerprint density at radius 1 is 1.50 bits per heavy atom. The molecule has 0 aliphatic carbocycles. The number of nitro groups is 1. The third kappa shape index (κ3) is 3.43. The molecule has 0 heterocycles. The van der Waals surface area contributed by atoms with Gasteiger partial charge in [-0.25, -0.2) is 0 Å². The Bertz CT molecular complexity index is 476. The molecule has 0 aliphatic heterocycles. The summed E-state index contributed by atoms with van der Waals surface area (Å²) in [5.41, 5.74) is -0.0829. The zero-order chi connectivity index (χ0) is 13.9. The molecule has 1 atom stereocenters. The van der Waals surface area contributed by atoms with E-state index in [1.165, 1.54) is 12.1 Å². The number of halogens is 1. The topological polar surface area (TPSA) is 92.5 Å². The van der Waals surface area contributed by atoms with Gasteiger partial charge in [0.15, 0.2) is 0 Å². The number of alkyl halides is 1. The highest BCUT2D eigenvalue weighted by molar-refractivity contribution is 9.10. The summed E-state index contributed by atoms with van der Waals surface area (Å²) in [4.78, 5) is 21.2. The average molecular weight is 317 g/mol. The number of nitrogens with one attached hydrogen (secondary N) is 1. The number of nitrogens with zero attached hydrogens (tertiary/aromatic N) is 1. The van der Waals surface area contributed by atoms with Gasteiger partial charge >= 0.3 is 0 Å². The van der Waals surface area contributed by atoms with Gasteiger partial charge in [0.25, 0.3) is 5.69 Å². The molecule has 0 bridgehead atoms. The van der Waals surface area contributed by atoms with Crippen LogP contribution in [-0.2, 0) is 4.79 Å². The second kappa shape index (κ2) is 5.81. The standard InChI is InChI=1S/C11H13BrN2O4/c1-6(2)10(12)11(16)13-8-4-3-7(14(17)18)5-9(8)15/h3-6,10,15H,1-2H3,(H,13,16)/t10-/m0/s1. The summed E-state index contributed by atoms with van der Waals surface area (Å²) in [5.74, 6) is -0.555. The molecule has 0 spiro atoms. The van der Waals surface area contributed by atoms with Gasteiger partial charge in [0.2, 0.25) is 5.91 Å². The molecular formula is C11H13BrN2O4.